The first-order valence-corrected chi connectivity index (χ1v) is 6.10. The van der Waals surface area contributed by atoms with E-state index in [1.165, 1.54) is 6.07 Å². The molecule has 1 aromatic rings. The third-order valence-corrected chi connectivity index (χ3v) is 2.28. The van der Waals surface area contributed by atoms with Crippen molar-refractivity contribution < 1.29 is 13.9 Å². The van der Waals surface area contributed by atoms with E-state index in [0.29, 0.717) is 25.3 Å². The second kappa shape index (κ2) is 7.53. The van der Waals surface area contributed by atoms with Crippen molar-refractivity contribution in [2.45, 2.75) is 26.8 Å². The first-order chi connectivity index (χ1) is 8.67. The Labute approximate surface area is 107 Å². The van der Waals surface area contributed by atoms with Crippen LogP contribution in [0.3, 0.4) is 0 Å². The molecule has 0 fully saturated rings. The maximum atomic E-state index is 13.5. The van der Waals surface area contributed by atoms with Gasteiger partial charge in [-0.25, -0.2) is 9.18 Å². The van der Waals surface area contributed by atoms with Gasteiger partial charge >= 0.3 is 6.03 Å². The standard InChI is InChI=1S/C13H19FN2O2/c1-3-7-15-13(17)16-9-10-5-6-12(18-4-2)11(14)8-10/h5-6,8H,3-4,7,9H2,1-2H3,(H2,15,16,17). The fourth-order valence-electron chi connectivity index (χ4n) is 1.41. The molecule has 100 valence electrons. The summed E-state index contributed by atoms with van der Waals surface area (Å²) in [4.78, 5) is 11.3. The predicted molar refractivity (Wildman–Crippen MR) is 68.1 cm³/mol. The van der Waals surface area contributed by atoms with Gasteiger partial charge in [0.1, 0.15) is 0 Å². The van der Waals surface area contributed by atoms with E-state index in [2.05, 4.69) is 10.6 Å². The molecular formula is C13H19FN2O2. The lowest BCUT2D eigenvalue weighted by molar-refractivity contribution is 0.240. The van der Waals surface area contributed by atoms with Crippen molar-refractivity contribution in [2.24, 2.45) is 0 Å². The quantitative estimate of drug-likeness (QED) is 0.819. The van der Waals surface area contributed by atoms with E-state index in [1.807, 2.05) is 6.92 Å². The van der Waals surface area contributed by atoms with Gasteiger partial charge in [0.05, 0.1) is 6.61 Å². The number of carbonyl (C=O) groups is 1. The van der Waals surface area contributed by atoms with Gasteiger partial charge in [-0.05, 0) is 31.0 Å². The van der Waals surface area contributed by atoms with Gasteiger partial charge in [-0.2, -0.15) is 0 Å². The molecule has 0 radical (unpaired) electrons. The molecule has 0 aliphatic carbocycles. The van der Waals surface area contributed by atoms with Gasteiger partial charge in [-0.15, -0.1) is 0 Å². The Morgan fingerprint density at radius 3 is 2.72 bits per heavy atom. The monoisotopic (exact) mass is 254 g/mol. The van der Waals surface area contributed by atoms with E-state index in [4.69, 9.17) is 4.74 Å². The number of hydrogen-bond acceptors (Lipinski definition) is 2. The molecule has 4 nitrogen and oxygen atoms in total. The summed E-state index contributed by atoms with van der Waals surface area (Å²) >= 11 is 0. The Hall–Kier alpha value is -1.78. The smallest absolute Gasteiger partial charge is 0.315 e. The van der Waals surface area contributed by atoms with Crippen LogP contribution in [-0.4, -0.2) is 19.2 Å². The van der Waals surface area contributed by atoms with Crippen LogP contribution < -0.4 is 15.4 Å². The molecule has 2 N–H and O–H groups in total. The number of amides is 2. The second-order valence-corrected chi connectivity index (χ2v) is 3.81. The van der Waals surface area contributed by atoms with Gasteiger partial charge in [0.2, 0.25) is 0 Å². The third kappa shape index (κ3) is 4.61. The first-order valence-electron chi connectivity index (χ1n) is 6.10. The largest absolute Gasteiger partial charge is 0.491 e. The minimum absolute atomic E-state index is 0.233. The highest BCUT2D eigenvalue weighted by atomic mass is 19.1. The summed E-state index contributed by atoms with van der Waals surface area (Å²) in [7, 11) is 0. The van der Waals surface area contributed by atoms with Crippen LogP contribution in [0, 0.1) is 5.82 Å². The van der Waals surface area contributed by atoms with Crippen molar-refractivity contribution in [3.8, 4) is 5.75 Å². The van der Waals surface area contributed by atoms with E-state index in [1.54, 1.807) is 19.1 Å². The normalized spacial score (nSPS) is 9.94. The average molecular weight is 254 g/mol. The number of rotatable bonds is 6. The summed E-state index contributed by atoms with van der Waals surface area (Å²) in [6.07, 6.45) is 0.880. The highest BCUT2D eigenvalue weighted by Gasteiger charge is 2.05. The van der Waals surface area contributed by atoms with Gasteiger partial charge in [0, 0.05) is 13.1 Å². The fraction of sp³-hybridized carbons (Fsp3) is 0.462. The Bertz CT molecular complexity index is 397. The van der Waals surface area contributed by atoms with Crippen LogP contribution in [0.4, 0.5) is 9.18 Å². The summed E-state index contributed by atoms with van der Waals surface area (Å²) in [5.41, 5.74) is 0.697. The lowest BCUT2D eigenvalue weighted by atomic mass is 10.2. The summed E-state index contributed by atoms with van der Waals surface area (Å²) < 4.78 is 18.6. The van der Waals surface area contributed by atoms with Crippen LogP contribution in [0.25, 0.3) is 0 Å². The number of hydrogen-bond donors (Lipinski definition) is 2. The van der Waals surface area contributed by atoms with Gasteiger partial charge < -0.3 is 15.4 Å². The molecule has 0 atom stereocenters. The molecule has 0 aliphatic heterocycles. The first kappa shape index (κ1) is 14.3. The molecule has 18 heavy (non-hydrogen) atoms. The van der Waals surface area contributed by atoms with E-state index >= 15 is 0 Å². The molecule has 0 bridgehead atoms. The molecule has 0 unspecified atom stereocenters. The SMILES string of the molecule is CCCNC(=O)NCc1ccc(OCC)c(F)c1. The second-order valence-electron chi connectivity index (χ2n) is 3.81. The van der Waals surface area contributed by atoms with Crippen molar-refractivity contribution in [3.05, 3.63) is 29.6 Å². The summed E-state index contributed by atoms with van der Waals surface area (Å²) in [6.45, 7) is 5.12. The lowest BCUT2D eigenvalue weighted by Crippen LogP contribution is -2.35. The number of halogens is 1. The highest BCUT2D eigenvalue weighted by Crippen LogP contribution is 2.18. The number of urea groups is 1. The zero-order chi connectivity index (χ0) is 13.4. The molecular weight excluding hydrogens is 235 g/mol. The molecule has 0 saturated heterocycles. The Morgan fingerprint density at radius 2 is 2.11 bits per heavy atom. The zero-order valence-corrected chi connectivity index (χ0v) is 10.8. The van der Waals surface area contributed by atoms with Gasteiger partial charge in [-0.3, -0.25) is 0 Å². The predicted octanol–water partition coefficient (Wildman–Crippen LogP) is 2.43. The van der Waals surface area contributed by atoms with E-state index < -0.39 is 5.82 Å². The van der Waals surface area contributed by atoms with Gasteiger partial charge in [0.25, 0.3) is 0 Å². The van der Waals surface area contributed by atoms with E-state index in [-0.39, 0.29) is 11.8 Å². The zero-order valence-electron chi connectivity index (χ0n) is 10.8. The minimum atomic E-state index is -0.412. The third-order valence-electron chi connectivity index (χ3n) is 2.28. The van der Waals surface area contributed by atoms with Crippen molar-refractivity contribution in [2.75, 3.05) is 13.2 Å². The Kier molecular flexibility index (Phi) is 5.97. The lowest BCUT2D eigenvalue weighted by Gasteiger charge is -2.08. The molecule has 0 aromatic heterocycles. The number of carbonyl (C=O) groups excluding carboxylic acids is 1. The van der Waals surface area contributed by atoms with Crippen LogP contribution in [0.15, 0.2) is 18.2 Å². The molecule has 2 amide bonds. The van der Waals surface area contributed by atoms with Crippen LogP contribution in [0.1, 0.15) is 25.8 Å². The minimum Gasteiger partial charge on any atom is -0.491 e. The van der Waals surface area contributed by atoms with E-state index in [0.717, 1.165) is 6.42 Å². The highest BCUT2D eigenvalue weighted by molar-refractivity contribution is 5.73. The van der Waals surface area contributed by atoms with Gasteiger partial charge in [0.15, 0.2) is 11.6 Å². The average Bonchev–Trinajstić information content (AvgIpc) is 2.37. The van der Waals surface area contributed by atoms with E-state index in [9.17, 15) is 9.18 Å². The molecule has 0 aliphatic rings. The molecule has 1 rings (SSSR count). The van der Waals surface area contributed by atoms with Crippen molar-refractivity contribution >= 4 is 6.03 Å². The van der Waals surface area contributed by atoms with Crippen LogP contribution in [-0.2, 0) is 6.54 Å². The molecule has 0 spiro atoms. The van der Waals surface area contributed by atoms with Crippen molar-refractivity contribution in [1.82, 2.24) is 10.6 Å². The fourth-order valence-corrected chi connectivity index (χ4v) is 1.41. The number of nitrogens with one attached hydrogen (secondary N) is 2. The molecule has 0 saturated carbocycles. The maximum absolute atomic E-state index is 13.5. The van der Waals surface area contributed by atoms with Crippen LogP contribution in [0.2, 0.25) is 0 Å². The number of benzene rings is 1. The molecule has 0 heterocycles. The number of ether oxygens (including phenoxy) is 1. The summed E-state index contributed by atoms with van der Waals surface area (Å²) in [5, 5.41) is 5.34. The summed E-state index contributed by atoms with van der Waals surface area (Å²) in [6, 6.07) is 4.42. The molecule has 5 heteroatoms. The van der Waals surface area contributed by atoms with Gasteiger partial charge in [-0.1, -0.05) is 13.0 Å². The van der Waals surface area contributed by atoms with Crippen LogP contribution in [0.5, 0.6) is 5.75 Å². The maximum Gasteiger partial charge on any atom is 0.315 e. The van der Waals surface area contributed by atoms with Crippen LogP contribution >= 0.6 is 0 Å². The molecule has 1 aromatic carbocycles. The van der Waals surface area contributed by atoms with Crippen molar-refractivity contribution in [1.29, 1.82) is 0 Å². The Balaban J connectivity index is 2.48. The Morgan fingerprint density at radius 1 is 1.33 bits per heavy atom. The topological polar surface area (TPSA) is 50.4 Å². The summed E-state index contributed by atoms with van der Waals surface area (Å²) in [5.74, 6) is -0.179. The van der Waals surface area contributed by atoms with Crippen molar-refractivity contribution in [3.63, 3.8) is 0 Å².